The van der Waals surface area contributed by atoms with Crippen LogP contribution >= 0.6 is 0 Å². The number of carbonyl (C=O) groups is 1. The molecule has 142 valence electrons. The van der Waals surface area contributed by atoms with E-state index in [1.165, 1.54) is 36.5 Å². The van der Waals surface area contributed by atoms with E-state index in [0.717, 1.165) is 5.56 Å². The number of aromatic nitrogens is 1. The molecule has 0 unspecified atom stereocenters. The maximum absolute atomic E-state index is 12.9. The van der Waals surface area contributed by atoms with E-state index in [9.17, 15) is 19.3 Å². The van der Waals surface area contributed by atoms with Crippen molar-refractivity contribution in [1.29, 1.82) is 0 Å². The predicted molar refractivity (Wildman–Crippen MR) is 99.4 cm³/mol. The number of hydrogen-bond acceptors (Lipinski definition) is 5. The lowest BCUT2D eigenvalue weighted by atomic mass is 10.1. The first-order valence-corrected chi connectivity index (χ1v) is 8.38. The van der Waals surface area contributed by atoms with Crippen LogP contribution < -0.4 is 10.1 Å². The van der Waals surface area contributed by atoms with Crippen molar-refractivity contribution in [3.8, 4) is 11.6 Å². The van der Waals surface area contributed by atoms with Crippen molar-refractivity contribution in [1.82, 2.24) is 10.3 Å². The van der Waals surface area contributed by atoms with Gasteiger partial charge in [0, 0.05) is 30.4 Å². The van der Waals surface area contributed by atoms with Crippen LogP contribution in [-0.2, 0) is 17.8 Å². The molecule has 1 amide bonds. The molecule has 2 aromatic carbocycles. The van der Waals surface area contributed by atoms with Gasteiger partial charge in [-0.05, 0) is 35.9 Å². The Kier molecular flexibility index (Phi) is 5.91. The number of carbonyl (C=O) groups excluding carboxylic acids is 1. The highest BCUT2D eigenvalue weighted by atomic mass is 19.1. The molecule has 0 saturated heterocycles. The Morgan fingerprint density at radius 2 is 1.89 bits per heavy atom. The first kappa shape index (κ1) is 19.0. The highest BCUT2D eigenvalue weighted by Crippen LogP contribution is 2.20. The second-order valence-electron chi connectivity index (χ2n) is 5.90. The van der Waals surface area contributed by atoms with Crippen LogP contribution in [0, 0.1) is 15.9 Å². The Bertz CT molecular complexity index is 993. The number of nitro benzene ring substituents is 1. The Morgan fingerprint density at radius 1 is 1.14 bits per heavy atom. The molecule has 0 atom stereocenters. The number of nitrogens with one attached hydrogen (secondary N) is 1. The van der Waals surface area contributed by atoms with E-state index < -0.39 is 4.92 Å². The molecule has 1 N–H and O–H groups in total. The van der Waals surface area contributed by atoms with Crippen molar-refractivity contribution in [2.75, 3.05) is 0 Å². The standard InChI is InChI=1S/C20H16FN3O4/c21-16-5-7-17(8-6-16)28-20-11-14(9-10-22-20)13-23-19(25)12-15-3-1-2-4-18(15)24(26)27/h1-11H,12-13H2,(H,23,25). The van der Waals surface area contributed by atoms with E-state index in [0.29, 0.717) is 17.2 Å². The molecule has 0 spiro atoms. The lowest BCUT2D eigenvalue weighted by molar-refractivity contribution is -0.385. The van der Waals surface area contributed by atoms with E-state index in [1.54, 1.807) is 30.3 Å². The summed E-state index contributed by atoms with van der Waals surface area (Å²) < 4.78 is 18.5. The molecule has 0 aliphatic carbocycles. The molecule has 1 heterocycles. The average molecular weight is 381 g/mol. The summed E-state index contributed by atoms with van der Waals surface area (Å²) in [5, 5.41) is 13.7. The number of halogens is 1. The van der Waals surface area contributed by atoms with Crippen LogP contribution in [0.4, 0.5) is 10.1 Å². The van der Waals surface area contributed by atoms with Crippen LogP contribution in [0.2, 0.25) is 0 Å². The SMILES string of the molecule is O=C(Cc1ccccc1[N+](=O)[O-])NCc1ccnc(Oc2ccc(F)cc2)c1. The van der Waals surface area contributed by atoms with E-state index in [1.807, 2.05) is 0 Å². The topological polar surface area (TPSA) is 94.4 Å². The van der Waals surface area contributed by atoms with Gasteiger partial charge in [-0.3, -0.25) is 14.9 Å². The van der Waals surface area contributed by atoms with Crippen LogP contribution in [0.25, 0.3) is 0 Å². The third-order valence-corrected chi connectivity index (χ3v) is 3.86. The average Bonchev–Trinajstić information content (AvgIpc) is 2.69. The summed E-state index contributed by atoms with van der Waals surface area (Å²) in [4.78, 5) is 26.7. The smallest absolute Gasteiger partial charge is 0.273 e. The quantitative estimate of drug-likeness (QED) is 0.496. The maximum Gasteiger partial charge on any atom is 0.273 e. The van der Waals surface area contributed by atoms with Gasteiger partial charge in [-0.2, -0.15) is 0 Å². The fourth-order valence-corrected chi connectivity index (χ4v) is 2.51. The summed E-state index contributed by atoms with van der Waals surface area (Å²) in [6, 6.07) is 15.0. The maximum atomic E-state index is 12.9. The van der Waals surface area contributed by atoms with Gasteiger partial charge in [0.05, 0.1) is 11.3 Å². The molecule has 0 fully saturated rings. The van der Waals surface area contributed by atoms with E-state index in [2.05, 4.69) is 10.3 Å². The predicted octanol–water partition coefficient (Wildman–Crippen LogP) is 3.78. The third kappa shape index (κ3) is 5.10. The number of amides is 1. The molecule has 0 aliphatic rings. The molecule has 0 radical (unpaired) electrons. The highest BCUT2D eigenvalue weighted by molar-refractivity contribution is 5.79. The van der Waals surface area contributed by atoms with Crippen molar-refractivity contribution in [2.45, 2.75) is 13.0 Å². The number of benzene rings is 2. The summed E-state index contributed by atoms with van der Waals surface area (Å²) >= 11 is 0. The van der Waals surface area contributed by atoms with Crippen LogP contribution in [0.5, 0.6) is 11.6 Å². The number of nitro groups is 1. The van der Waals surface area contributed by atoms with Crippen molar-refractivity contribution in [3.05, 3.63) is 93.9 Å². The zero-order chi connectivity index (χ0) is 19.9. The van der Waals surface area contributed by atoms with Crippen molar-refractivity contribution >= 4 is 11.6 Å². The zero-order valence-electron chi connectivity index (χ0n) is 14.7. The van der Waals surface area contributed by atoms with Crippen LogP contribution in [-0.4, -0.2) is 15.8 Å². The van der Waals surface area contributed by atoms with Crippen molar-refractivity contribution in [2.24, 2.45) is 0 Å². The minimum absolute atomic E-state index is 0.0865. The largest absolute Gasteiger partial charge is 0.439 e. The van der Waals surface area contributed by atoms with Gasteiger partial charge in [0.25, 0.3) is 5.69 Å². The van der Waals surface area contributed by atoms with Gasteiger partial charge in [-0.1, -0.05) is 18.2 Å². The fraction of sp³-hybridized carbons (Fsp3) is 0.100. The molecule has 28 heavy (non-hydrogen) atoms. The van der Waals surface area contributed by atoms with Gasteiger partial charge in [0.1, 0.15) is 11.6 Å². The summed E-state index contributed by atoms with van der Waals surface area (Å²) in [7, 11) is 0. The normalized spacial score (nSPS) is 10.3. The molecule has 7 nitrogen and oxygen atoms in total. The second kappa shape index (κ2) is 8.72. The van der Waals surface area contributed by atoms with E-state index in [4.69, 9.17) is 4.74 Å². The number of hydrogen-bond donors (Lipinski definition) is 1. The lowest BCUT2D eigenvalue weighted by Crippen LogP contribution is -2.24. The van der Waals surface area contributed by atoms with Crippen molar-refractivity contribution in [3.63, 3.8) is 0 Å². The van der Waals surface area contributed by atoms with Gasteiger partial charge in [-0.15, -0.1) is 0 Å². The first-order chi connectivity index (χ1) is 13.5. The number of para-hydroxylation sites is 1. The molecule has 0 bridgehead atoms. The Morgan fingerprint density at radius 3 is 2.64 bits per heavy atom. The van der Waals surface area contributed by atoms with Crippen LogP contribution in [0.1, 0.15) is 11.1 Å². The number of nitrogens with zero attached hydrogens (tertiary/aromatic N) is 2. The van der Waals surface area contributed by atoms with Crippen molar-refractivity contribution < 1.29 is 18.8 Å². The summed E-state index contributed by atoms with van der Waals surface area (Å²) in [6.07, 6.45) is 1.43. The molecule has 8 heteroatoms. The van der Waals surface area contributed by atoms with Gasteiger partial charge in [0.15, 0.2) is 0 Å². The molecule has 0 saturated carbocycles. The Balaban J connectivity index is 1.59. The lowest BCUT2D eigenvalue weighted by Gasteiger charge is -2.08. The van der Waals surface area contributed by atoms with Gasteiger partial charge >= 0.3 is 0 Å². The number of rotatable bonds is 7. The molecule has 3 rings (SSSR count). The zero-order valence-corrected chi connectivity index (χ0v) is 14.7. The summed E-state index contributed by atoms with van der Waals surface area (Å²) in [5.41, 5.74) is 1.000. The van der Waals surface area contributed by atoms with Gasteiger partial charge < -0.3 is 10.1 Å². The molecule has 3 aromatic rings. The molecule has 0 aliphatic heterocycles. The summed E-state index contributed by atoms with van der Waals surface area (Å²) in [6.45, 7) is 0.210. The van der Waals surface area contributed by atoms with Crippen LogP contribution in [0.15, 0.2) is 66.9 Å². The Hall–Kier alpha value is -3.81. The monoisotopic (exact) mass is 381 g/mol. The Labute approximate surface area is 160 Å². The fourth-order valence-electron chi connectivity index (χ4n) is 2.51. The second-order valence-corrected chi connectivity index (χ2v) is 5.90. The third-order valence-electron chi connectivity index (χ3n) is 3.86. The summed E-state index contributed by atoms with van der Waals surface area (Å²) in [5.74, 6) is 0.0334. The van der Waals surface area contributed by atoms with E-state index >= 15 is 0 Å². The van der Waals surface area contributed by atoms with Gasteiger partial charge in [-0.25, -0.2) is 9.37 Å². The van der Waals surface area contributed by atoms with E-state index in [-0.39, 0.29) is 30.4 Å². The number of ether oxygens (including phenoxy) is 1. The van der Waals surface area contributed by atoms with Crippen LogP contribution in [0.3, 0.4) is 0 Å². The molecule has 1 aromatic heterocycles. The minimum atomic E-state index is -0.509. The first-order valence-electron chi connectivity index (χ1n) is 8.38. The van der Waals surface area contributed by atoms with Gasteiger partial charge in [0.2, 0.25) is 11.8 Å². The molecular formula is C20H16FN3O4. The highest BCUT2D eigenvalue weighted by Gasteiger charge is 2.15. The number of pyridine rings is 1. The minimum Gasteiger partial charge on any atom is -0.439 e. The molecular weight excluding hydrogens is 365 g/mol.